The van der Waals surface area contributed by atoms with E-state index in [2.05, 4.69) is 20.8 Å². The second-order valence-corrected chi connectivity index (χ2v) is 4.04. The zero-order valence-corrected chi connectivity index (χ0v) is 6.90. The maximum Gasteiger partial charge on any atom is 0.0848 e. The third kappa shape index (κ3) is 5.84. The molecule has 0 saturated carbocycles. The molecule has 0 saturated heterocycles. The van der Waals surface area contributed by atoms with E-state index in [9.17, 15) is 5.11 Å². The summed E-state index contributed by atoms with van der Waals surface area (Å²) in [7, 11) is 0. The summed E-state index contributed by atoms with van der Waals surface area (Å²) < 4.78 is 0. The largest absolute Gasteiger partial charge is 0.236 e. The lowest BCUT2D eigenvalue weighted by Crippen LogP contribution is -2.12. The fourth-order valence-corrected chi connectivity index (χ4v) is 1.10. The first-order valence-corrected chi connectivity index (χ1v) is 3.54. The third-order valence-corrected chi connectivity index (χ3v) is 1.25. The average molecular weight is 129 g/mol. The van der Waals surface area contributed by atoms with Gasteiger partial charge in [0.1, 0.15) is 0 Å². The molecule has 0 aromatic carbocycles. The van der Waals surface area contributed by atoms with Gasteiger partial charge in [0.25, 0.3) is 0 Å². The van der Waals surface area contributed by atoms with Gasteiger partial charge in [-0.25, -0.2) is 5.11 Å². The summed E-state index contributed by atoms with van der Waals surface area (Å²) >= 11 is 0. The topological polar surface area (TPSA) is 19.9 Å². The Hall–Kier alpha value is -0.0400. The summed E-state index contributed by atoms with van der Waals surface area (Å²) in [5, 5.41) is 10.3. The molecule has 0 amide bonds. The van der Waals surface area contributed by atoms with Gasteiger partial charge in [0.15, 0.2) is 0 Å². The van der Waals surface area contributed by atoms with Crippen LogP contribution in [0.3, 0.4) is 0 Å². The SMILES string of the molecule is CC(C[O])CC(C)(C)C. The van der Waals surface area contributed by atoms with Crippen LogP contribution in [0, 0.1) is 11.3 Å². The first-order valence-electron chi connectivity index (χ1n) is 3.54. The van der Waals surface area contributed by atoms with E-state index in [4.69, 9.17) is 0 Å². The number of hydrogen-bond acceptors (Lipinski definition) is 0. The van der Waals surface area contributed by atoms with E-state index in [0.29, 0.717) is 11.3 Å². The number of hydrogen-bond donors (Lipinski definition) is 0. The van der Waals surface area contributed by atoms with Crippen molar-refractivity contribution in [1.82, 2.24) is 0 Å². The monoisotopic (exact) mass is 129 g/mol. The van der Waals surface area contributed by atoms with E-state index in [1.54, 1.807) is 0 Å². The van der Waals surface area contributed by atoms with Crippen LogP contribution < -0.4 is 0 Å². The minimum Gasteiger partial charge on any atom is -0.236 e. The molecule has 1 radical (unpaired) electrons. The van der Waals surface area contributed by atoms with Gasteiger partial charge in [0, 0.05) is 0 Å². The first kappa shape index (κ1) is 8.96. The van der Waals surface area contributed by atoms with Crippen molar-refractivity contribution in [1.29, 1.82) is 0 Å². The van der Waals surface area contributed by atoms with Gasteiger partial charge in [-0.15, -0.1) is 0 Å². The van der Waals surface area contributed by atoms with Crippen LogP contribution in [0.15, 0.2) is 0 Å². The lowest BCUT2D eigenvalue weighted by atomic mass is 9.86. The highest BCUT2D eigenvalue weighted by Crippen LogP contribution is 2.23. The van der Waals surface area contributed by atoms with E-state index in [0.717, 1.165) is 6.42 Å². The predicted octanol–water partition coefficient (Wildman–Crippen LogP) is 2.49. The summed E-state index contributed by atoms with van der Waals surface area (Å²) in [6.45, 7) is 8.58. The van der Waals surface area contributed by atoms with Gasteiger partial charge in [-0.3, -0.25) is 0 Å². The lowest BCUT2D eigenvalue weighted by Gasteiger charge is -2.20. The predicted molar refractivity (Wildman–Crippen MR) is 38.8 cm³/mol. The minimum absolute atomic E-state index is 0.0667. The minimum atomic E-state index is 0.0667. The first-order chi connectivity index (χ1) is 3.95. The van der Waals surface area contributed by atoms with Gasteiger partial charge in [0.05, 0.1) is 6.61 Å². The smallest absolute Gasteiger partial charge is 0.0848 e. The zero-order chi connectivity index (χ0) is 7.49. The molecule has 0 heterocycles. The molecule has 0 rings (SSSR count). The van der Waals surface area contributed by atoms with Crippen LogP contribution >= 0.6 is 0 Å². The van der Waals surface area contributed by atoms with Crippen LogP contribution in [0.4, 0.5) is 0 Å². The summed E-state index contributed by atoms with van der Waals surface area (Å²) in [5.41, 5.74) is 0.323. The Morgan fingerprint density at radius 1 is 1.33 bits per heavy atom. The fourth-order valence-electron chi connectivity index (χ4n) is 1.10. The van der Waals surface area contributed by atoms with Crippen LogP contribution in [0.5, 0.6) is 0 Å². The van der Waals surface area contributed by atoms with Gasteiger partial charge in [-0.05, 0) is 17.8 Å². The van der Waals surface area contributed by atoms with E-state index in [-0.39, 0.29) is 6.61 Å². The molecular weight excluding hydrogens is 112 g/mol. The Balaban J connectivity index is 3.47. The van der Waals surface area contributed by atoms with Gasteiger partial charge in [-0.2, -0.15) is 0 Å². The van der Waals surface area contributed by atoms with Crippen molar-refractivity contribution in [2.24, 2.45) is 11.3 Å². The molecule has 0 aromatic heterocycles. The van der Waals surface area contributed by atoms with E-state index < -0.39 is 0 Å². The molecule has 1 atom stereocenters. The highest BCUT2D eigenvalue weighted by atomic mass is 16.3. The van der Waals surface area contributed by atoms with Crippen molar-refractivity contribution in [3.05, 3.63) is 0 Å². The molecule has 0 spiro atoms. The molecule has 0 fully saturated rings. The van der Waals surface area contributed by atoms with E-state index >= 15 is 0 Å². The molecule has 0 aliphatic rings. The van der Waals surface area contributed by atoms with Crippen LogP contribution in [-0.4, -0.2) is 6.61 Å². The van der Waals surface area contributed by atoms with Gasteiger partial charge in [-0.1, -0.05) is 27.7 Å². The Labute approximate surface area is 58.1 Å². The van der Waals surface area contributed by atoms with Crippen LogP contribution in [0.25, 0.3) is 0 Å². The number of rotatable bonds is 2. The van der Waals surface area contributed by atoms with E-state index in [1.165, 1.54) is 0 Å². The van der Waals surface area contributed by atoms with Crippen molar-refractivity contribution < 1.29 is 5.11 Å². The molecule has 1 nitrogen and oxygen atoms in total. The maximum atomic E-state index is 10.3. The van der Waals surface area contributed by atoms with Crippen molar-refractivity contribution in [2.45, 2.75) is 34.1 Å². The van der Waals surface area contributed by atoms with Gasteiger partial charge < -0.3 is 0 Å². The second-order valence-electron chi connectivity index (χ2n) is 4.04. The normalized spacial score (nSPS) is 15.7. The van der Waals surface area contributed by atoms with Crippen molar-refractivity contribution >= 4 is 0 Å². The van der Waals surface area contributed by atoms with Crippen molar-refractivity contribution in [3.63, 3.8) is 0 Å². The molecule has 0 aliphatic carbocycles. The second kappa shape index (κ2) is 3.21. The highest BCUT2D eigenvalue weighted by molar-refractivity contribution is 4.64. The Bertz CT molecular complexity index is 71.1. The van der Waals surface area contributed by atoms with Crippen LogP contribution in [0.2, 0.25) is 0 Å². The van der Waals surface area contributed by atoms with Crippen molar-refractivity contribution in [2.75, 3.05) is 6.61 Å². The summed E-state index contributed by atoms with van der Waals surface area (Å²) in [6.07, 6.45) is 1.04. The average Bonchev–Trinajstić information content (AvgIpc) is 1.62. The molecule has 0 bridgehead atoms. The highest BCUT2D eigenvalue weighted by Gasteiger charge is 2.14. The molecule has 9 heavy (non-hydrogen) atoms. The van der Waals surface area contributed by atoms with Crippen molar-refractivity contribution in [3.8, 4) is 0 Å². The Morgan fingerprint density at radius 3 is 1.89 bits per heavy atom. The van der Waals surface area contributed by atoms with Gasteiger partial charge >= 0.3 is 0 Å². The molecule has 1 unspecified atom stereocenters. The summed E-state index contributed by atoms with van der Waals surface area (Å²) in [4.78, 5) is 0. The standard InChI is InChI=1S/C8H17O/c1-7(6-9)5-8(2,3)4/h7H,5-6H2,1-4H3. The van der Waals surface area contributed by atoms with Crippen LogP contribution in [-0.2, 0) is 5.11 Å². The molecular formula is C8H17O. The summed E-state index contributed by atoms with van der Waals surface area (Å²) in [6, 6.07) is 0. The molecule has 55 valence electrons. The maximum absolute atomic E-state index is 10.3. The van der Waals surface area contributed by atoms with Gasteiger partial charge in [0.2, 0.25) is 0 Å². The molecule has 0 N–H and O–H groups in total. The molecule has 1 heteroatoms. The third-order valence-electron chi connectivity index (χ3n) is 1.25. The quantitative estimate of drug-likeness (QED) is 0.546. The fraction of sp³-hybridized carbons (Fsp3) is 1.00. The Morgan fingerprint density at radius 2 is 1.78 bits per heavy atom. The molecule has 0 aliphatic heterocycles. The van der Waals surface area contributed by atoms with Crippen LogP contribution in [0.1, 0.15) is 34.1 Å². The lowest BCUT2D eigenvalue weighted by molar-refractivity contribution is 0.126. The van der Waals surface area contributed by atoms with E-state index in [1.807, 2.05) is 6.92 Å². The summed E-state index contributed by atoms with van der Waals surface area (Å²) in [5.74, 6) is 0.338. The Kier molecular flexibility index (Phi) is 3.20. The molecule has 0 aromatic rings. The zero-order valence-electron chi connectivity index (χ0n) is 6.90.